The van der Waals surface area contributed by atoms with Gasteiger partial charge in [-0.15, -0.1) is 0 Å². The fraction of sp³-hybridized carbons (Fsp3) is 0.385. The van der Waals surface area contributed by atoms with E-state index in [2.05, 4.69) is 0 Å². The molecule has 2 amide bonds. The standard InChI is InChI=1S/C13H14ClFN2O2/c14-11-6-9(15)3-4-10(11)13(19)17-5-1-2-8(7-17)12(16)18/h3-4,6,8H,1-2,5,7H2,(H2,16,18). The summed E-state index contributed by atoms with van der Waals surface area (Å²) in [5.41, 5.74) is 5.51. The number of hydrogen-bond acceptors (Lipinski definition) is 2. The molecule has 1 aromatic carbocycles. The summed E-state index contributed by atoms with van der Waals surface area (Å²) in [4.78, 5) is 25.0. The Labute approximate surface area is 115 Å². The van der Waals surface area contributed by atoms with Crippen molar-refractivity contribution < 1.29 is 14.0 Å². The maximum Gasteiger partial charge on any atom is 0.255 e. The number of rotatable bonds is 2. The van der Waals surface area contributed by atoms with E-state index in [-0.39, 0.29) is 22.4 Å². The lowest BCUT2D eigenvalue weighted by Gasteiger charge is -2.31. The van der Waals surface area contributed by atoms with Crippen molar-refractivity contribution in [3.63, 3.8) is 0 Å². The van der Waals surface area contributed by atoms with Crippen molar-refractivity contribution in [2.45, 2.75) is 12.8 Å². The predicted octanol–water partition coefficient (Wildman–Crippen LogP) is 1.82. The molecule has 4 nitrogen and oxygen atoms in total. The number of likely N-dealkylation sites (tertiary alicyclic amines) is 1. The van der Waals surface area contributed by atoms with Gasteiger partial charge >= 0.3 is 0 Å². The SMILES string of the molecule is NC(=O)C1CCCN(C(=O)c2ccc(F)cc2Cl)C1. The minimum Gasteiger partial charge on any atom is -0.369 e. The van der Waals surface area contributed by atoms with E-state index in [4.69, 9.17) is 17.3 Å². The van der Waals surface area contributed by atoms with Crippen LogP contribution in [0.5, 0.6) is 0 Å². The first-order valence-electron chi connectivity index (χ1n) is 6.02. The van der Waals surface area contributed by atoms with E-state index in [9.17, 15) is 14.0 Å². The third-order valence-corrected chi connectivity index (χ3v) is 3.59. The molecule has 102 valence electrons. The lowest BCUT2D eigenvalue weighted by Crippen LogP contribution is -2.44. The molecule has 0 bridgehead atoms. The lowest BCUT2D eigenvalue weighted by atomic mass is 9.97. The third kappa shape index (κ3) is 3.04. The van der Waals surface area contributed by atoms with Crippen LogP contribution >= 0.6 is 11.6 Å². The van der Waals surface area contributed by atoms with Gasteiger partial charge in [0.1, 0.15) is 5.82 Å². The molecule has 19 heavy (non-hydrogen) atoms. The summed E-state index contributed by atoms with van der Waals surface area (Å²) in [6.07, 6.45) is 1.41. The fourth-order valence-electron chi connectivity index (χ4n) is 2.23. The summed E-state index contributed by atoms with van der Waals surface area (Å²) in [7, 11) is 0. The highest BCUT2D eigenvalue weighted by molar-refractivity contribution is 6.33. The molecule has 0 aromatic heterocycles. The van der Waals surface area contributed by atoms with Crippen LogP contribution in [0, 0.1) is 11.7 Å². The van der Waals surface area contributed by atoms with Crippen LogP contribution in [0.4, 0.5) is 4.39 Å². The van der Waals surface area contributed by atoms with Gasteiger partial charge in [0.25, 0.3) is 5.91 Å². The minimum absolute atomic E-state index is 0.0752. The molecule has 1 atom stereocenters. The summed E-state index contributed by atoms with van der Waals surface area (Å²) in [5, 5.41) is 0.0752. The quantitative estimate of drug-likeness (QED) is 0.900. The van der Waals surface area contributed by atoms with Crippen molar-refractivity contribution in [1.29, 1.82) is 0 Å². The summed E-state index contributed by atoms with van der Waals surface area (Å²) in [5.74, 6) is -1.51. The molecule has 1 saturated heterocycles. The minimum atomic E-state index is -0.491. The first-order chi connectivity index (χ1) is 8.99. The highest BCUT2D eigenvalue weighted by Gasteiger charge is 2.28. The van der Waals surface area contributed by atoms with Crippen molar-refractivity contribution in [3.8, 4) is 0 Å². The zero-order valence-corrected chi connectivity index (χ0v) is 11.0. The van der Waals surface area contributed by atoms with Crippen LogP contribution in [-0.4, -0.2) is 29.8 Å². The Bertz CT molecular complexity index is 521. The molecule has 0 aliphatic carbocycles. The molecule has 0 radical (unpaired) electrons. The summed E-state index contributed by atoms with van der Waals surface area (Å²) >= 11 is 5.86. The number of piperidine rings is 1. The molecule has 2 rings (SSSR count). The average Bonchev–Trinajstić information content (AvgIpc) is 2.38. The Morgan fingerprint density at radius 3 is 2.79 bits per heavy atom. The number of hydrogen-bond donors (Lipinski definition) is 1. The molecule has 1 aromatic rings. The van der Waals surface area contributed by atoms with Gasteiger partial charge in [0.15, 0.2) is 0 Å². The number of carbonyl (C=O) groups excluding carboxylic acids is 2. The van der Waals surface area contributed by atoms with Crippen LogP contribution in [0.15, 0.2) is 18.2 Å². The normalized spacial score (nSPS) is 19.3. The van der Waals surface area contributed by atoms with E-state index < -0.39 is 11.7 Å². The number of amides is 2. The van der Waals surface area contributed by atoms with Crippen LogP contribution in [-0.2, 0) is 4.79 Å². The molecule has 1 heterocycles. The van der Waals surface area contributed by atoms with Gasteiger partial charge in [-0.25, -0.2) is 4.39 Å². The number of halogens is 2. The predicted molar refractivity (Wildman–Crippen MR) is 69.2 cm³/mol. The number of carbonyl (C=O) groups is 2. The van der Waals surface area contributed by atoms with E-state index in [1.807, 2.05) is 0 Å². The number of nitrogens with two attached hydrogens (primary N) is 1. The van der Waals surface area contributed by atoms with Gasteiger partial charge in [0, 0.05) is 13.1 Å². The summed E-state index contributed by atoms with van der Waals surface area (Å²) < 4.78 is 13.0. The molecule has 1 aliphatic heterocycles. The Balaban J connectivity index is 2.17. The molecule has 0 spiro atoms. The molecule has 1 aliphatic rings. The zero-order valence-electron chi connectivity index (χ0n) is 10.2. The van der Waals surface area contributed by atoms with Gasteiger partial charge in [-0.2, -0.15) is 0 Å². The van der Waals surface area contributed by atoms with Crippen LogP contribution in [0.2, 0.25) is 5.02 Å². The van der Waals surface area contributed by atoms with Gasteiger partial charge in [0.2, 0.25) is 5.91 Å². The molecular formula is C13H14ClFN2O2. The van der Waals surface area contributed by atoms with E-state index in [1.54, 1.807) is 0 Å². The maximum absolute atomic E-state index is 13.0. The largest absolute Gasteiger partial charge is 0.369 e. The number of benzene rings is 1. The van der Waals surface area contributed by atoms with Crippen molar-refractivity contribution in [3.05, 3.63) is 34.6 Å². The van der Waals surface area contributed by atoms with Crippen LogP contribution < -0.4 is 5.73 Å². The Morgan fingerprint density at radius 2 is 2.16 bits per heavy atom. The van der Waals surface area contributed by atoms with Gasteiger partial charge in [-0.3, -0.25) is 9.59 Å². The van der Waals surface area contributed by atoms with Crippen molar-refractivity contribution in [2.75, 3.05) is 13.1 Å². The van der Waals surface area contributed by atoms with Crippen LogP contribution in [0.1, 0.15) is 23.2 Å². The van der Waals surface area contributed by atoms with Gasteiger partial charge in [0.05, 0.1) is 16.5 Å². The molecule has 1 unspecified atom stereocenters. The Morgan fingerprint density at radius 1 is 1.42 bits per heavy atom. The topological polar surface area (TPSA) is 63.4 Å². The number of primary amides is 1. The lowest BCUT2D eigenvalue weighted by molar-refractivity contribution is -0.123. The third-order valence-electron chi connectivity index (χ3n) is 3.27. The average molecular weight is 285 g/mol. The Hall–Kier alpha value is -1.62. The second kappa shape index (κ2) is 5.57. The first-order valence-corrected chi connectivity index (χ1v) is 6.40. The van der Waals surface area contributed by atoms with Crippen LogP contribution in [0.25, 0.3) is 0 Å². The smallest absolute Gasteiger partial charge is 0.255 e. The molecular weight excluding hydrogens is 271 g/mol. The zero-order chi connectivity index (χ0) is 14.0. The highest BCUT2D eigenvalue weighted by atomic mass is 35.5. The van der Waals surface area contributed by atoms with E-state index >= 15 is 0 Å². The van der Waals surface area contributed by atoms with Crippen molar-refractivity contribution >= 4 is 23.4 Å². The highest BCUT2D eigenvalue weighted by Crippen LogP contribution is 2.23. The molecule has 1 fully saturated rings. The number of nitrogens with zero attached hydrogens (tertiary/aromatic N) is 1. The molecule has 0 saturated carbocycles. The maximum atomic E-state index is 13.0. The van der Waals surface area contributed by atoms with Crippen molar-refractivity contribution in [1.82, 2.24) is 4.90 Å². The van der Waals surface area contributed by atoms with Gasteiger partial charge in [-0.1, -0.05) is 11.6 Å². The Kier molecular flexibility index (Phi) is 4.04. The summed E-state index contributed by atoms with van der Waals surface area (Å²) in [6.45, 7) is 0.845. The van der Waals surface area contributed by atoms with E-state index in [1.165, 1.54) is 17.0 Å². The van der Waals surface area contributed by atoms with E-state index in [0.717, 1.165) is 12.5 Å². The molecule has 2 N–H and O–H groups in total. The van der Waals surface area contributed by atoms with E-state index in [0.29, 0.717) is 19.5 Å². The molecule has 6 heteroatoms. The van der Waals surface area contributed by atoms with Gasteiger partial charge in [-0.05, 0) is 31.0 Å². The first kappa shape index (κ1) is 13.8. The second-order valence-electron chi connectivity index (χ2n) is 4.62. The van der Waals surface area contributed by atoms with Crippen molar-refractivity contribution in [2.24, 2.45) is 11.7 Å². The second-order valence-corrected chi connectivity index (χ2v) is 5.02. The van der Waals surface area contributed by atoms with Gasteiger partial charge < -0.3 is 10.6 Å². The fourth-order valence-corrected chi connectivity index (χ4v) is 2.48. The monoisotopic (exact) mass is 284 g/mol. The summed E-state index contributed by atoms with van der Waals surface area (Å²) in [6, 6.07) is 3.65. The van der Waals surface area contributed by atoms with Crippen LogP contribution in [0.3, 0.4) is 0 Å².